The third kappa shape index (κ3) is 3.03. The average Bonchev–Trinajstić information content (AvgIpc) is 3.33. The van der Waals surface area contributed by atoms with Gasteiger partial charge in [0.2, 0.25) is 5.91 Å². The number of hydrogen-bond acceptors (Lipinski definition) is 5. The van der Waals surface area contributed by atoms with Crippen molar-refractivity contribution in [1.82, 2.24) is 24.6 Å². The monoisotopic (exact) mass is 341 g/mol. The van der Waals surface area contributed by atoms with Crippen molar-refractivity contribution in [3.8, 4) is 0 Å². The number of fused-ring (bicyclic) bond motifs is 1. The molecular weight excluding hydrogens is 322 g/mol. The van der Waals surface area contributed by atoms with Crippen LogP contribution < -0.4 is 0 Å². The molecule has 3 aromatic rings. The number of aryl methyl sites for hydroxylation is 1. The molecule has 3 heterocycles. The molecule has 1 aliphatic rings. The van der Waals surface area contributed by atoms with E-state index < -0.39 is 0 Å². The summed E-state index contributed by atoms with van der Waals surface area (Å²) in [6.07, 6.45) is 6.59. The van der Waals surface area contributed by atoms with E-state index >= 15 is 0 Å². The van der Waals surface area contributed by atoms with Crippen LogP contribution in [-0.2, 0) is 11.3 Å². The molecular formula is C17H19N5OS. The van der Waals surface area contributed by atoms with Crippen LogP contribution in [0.5, 0.6) is 0 Å². The molecule has 24 heavy (non-hydrogen) atoms. The summed E-state index contributed by atoms with van der Waals surface area (Å²) in [4.78, 5) is 23.3. The first-order chi connectivity index (χ1) is 11.8. The zero-order valence-electron chi connectivity index (χ0n) is 13.3. The van der Waals surface area contributed by atoms with Gasteiger partial charge in [0.1, 0.15) is 17.7 Å². The first kappa shape index (κ1) is 15.3. The van der Waals surface area contributed by atoms with Gasteiger partial charge in [-0.1, -0.05) is 12.1 Å². The molecule has 0 saturated carbocycles. The molecule has 1 saturated heterocycles. The summed E-state index contributed by atoms with van der Waals surface area (Å²) >= 11 is 1.71. The van der Waals surface area contributed by atoms with E-state index in [0.717, 1.165) is 42.9 Å². The minimum atomic E-state index is 0.140. The van der Waals surface area contributed by atoms with E-state index in [-0.39, 0.29) is 11.9 Å². The second-order valence-electron chi connectivity index (χ2n) is 6.03. The van der Waals surface area contributed by atoms with Gasteiger partial charge in [0, 0.05) is 19.5 Å². The Bertz CT molecular complexity index is 796. The Morgan fingerprint density at radius 2 is 2.25 bits per heavy atom. The van der Waals surface area contributed by atoms with Gasteiger partial charge in [0.15, 0.2) is 0 Å². The number of rotatable bonds is 5. The van der Waals surface area contributed by atoms with Crippen LogP contribution in [0, 0.1) is 0 Å². The largest absolute Gasteiger partial charge is 0.333 e. The van der Waals surface area contributed by atoms with Crippen molar-refractivity contribution in [3.05, 3.63) is 41.9 Å². The molecule has 0 radical (unpaired) electrons. The lowest BCUT2D eigenvalue weighted by Gasteiger charge is -2.23. The van der Waals surface area contributed by atoms with E-state index in [9.17, 15) is 4.79 Å². The number of nitrogens with zero attached hydrogens (tertiary/aromatic N) is 5. The third-order valence-corrected chi connectivity index (χ3v) is 5.55. The Labute approximate surface area is 144 Å². The van der Waals surface area contributed by atoms with E-state index in [1.807, 2.05) is 23.1 Å². The van der Waals surface area contributed by atoms with Gasteiger partial charge in [-0.15, -0.1) is 11.3 Å². The van der Waals surface area contributed by atoms with Crippen LogP contribution in [0.2, 0.25) is 0 Å². The van der Waals surface area contributed by atoms with E-state index in [0.29, 0.717) is 6.42 Å². The third-order valence-electron chi connectivity index (χ3n) is 4.41. The van der Waals surface area contributed by atoms with Crippen LogP contribution in [0.4, 0.5) is 0 Å². The standard InChI is InChI=1S/C17H19N5OS/c23-16(8-4-9-21-12-18-11-19-21)22-10-3-6-14(22)17-20-13-5-1-2-7-15(13)24-17/h1-2,5,7,11-12,14H,3-4,6,8-10H2. The topological polar surface area (TPSA) is 63.9 Å². The summed E-state index contributed by atoms with van der Waals surface area (Å²) in [7, 11) is 0. The summed E-state index contributed by atoms with van der Waals surface area (Å²) < 4.78 is 2.96. The van der Waals surface area contributed by atoms with Crippen molar-refractivity contribution in [2.75, 3.05) is 6.54 Å². The number of likely N-dealkylation sites (tertiary alicyclic amines) is 1. The van der Waals surface area contributed by atoms with E-state index in [2.05, 4.69) is 16.1 Å². The predicted molar refractivity (Wildman–Crippen MR) is 92.6 cm³/mol. The average molecular weight is 341 g/mol. The number of para-hydroxylation sites is 1. The van der Waals surface area contributed by atoms with Gasteiger partial charge in [-0.3, -0.25) is 9.48 Å². The van der Waals surface area contributed by atoms with Gasteiger partial charge in [0.05, 0.1) is 16.3 Å². The van der Waals surface area contributed by atoms with Crippen LogP contribution in [0.15, 0.2) is 36.9 Å². The summed E-state index contributed by atoms with van der Waals surface area (Å²) in [6.45, 7) is 1.56. The lowest BCUT2D eigenvalue weighted by Crippen LogP contribution is -2.30. The molecule has 2 aromatic heterocycles. The van der Waals surface area contributed by atoms with Crippen LogP contribution in [-0.4, -0.2) is 37.1 Å². The van der Waals surface area contributed by atoms with E-state index in [1.54, 1.807) is 22.3 Å². The maximum absolute atomic E-state index is 12.6. The van der Waals surface area contributed by atoms with Gasteiger partial charge in [-0.25, -0.2) is 9.97 Å². The summed E-state index contributed by atoms with van der Waals surface area (Å²) in [6, 6.07) is 8.31. The fourth-order valence-corrected chi connectivity index (χ4v) is 4.35. The number of carbonyl (C=O) groups is 1. The van der Waals surface area contributed by atoms with E-state index in [1.165, 1.54) is 11.0 Å². The number of aromatic nitrogens is 4. The van der Waals surface area contributed by atoms with Crippen LogP contribution in [0.1, 0.15) is 36.7 Å². The minimum Gasteiger partial charge on any atom is -0.333 e. The van der Waals surface area contributed by atoms with Crippen LogP contribution in [0.25, 0.3) is 10.2 Å². The zero-order valence-corrected chi connectivity index (χ0v) is 14.2. The lowest BCUT2D eigenvalue weighted by molar-refractivity contribution is -0.132. The highest BCUT2D eigenvalue weighted by Crippen LogP contribution is 2.36. The fourth-order valence-electron chi connectivity index (χ4n) is 3.24. The molecule has 4 rings (SSSR count). The lowest BCUT2D eigenvalue weighted by atomic mass is 10.2. The molecule has 1 atom stereocenters. The molecule has 1 aliphatic heterocycles. The Hall–Kier alpha value is -2.28. The minimum absolute atomic E-state index is 0.140. The number of hydrogen-bond donors (Lipinski definition) is 0. The Balaban J connectivity index is 1.42. The molecule has 1 aromatic carbocycles. The normalized spacial score (nSPS) is 17.7. The van der Waals surface area contributed by atoms with Gasteiger partial charge < -0.3 is 4.90 Å². The fraction of sp³-hybridized carbons (Fsp3) is 0.412. The SMILES string of the molecule is O=C(CCCn1cncn1)N1CCCC1c1nc2ccccc2s1. The second kappa shape index (κ2) is 6.68. The van der Waals surface area contributed by atoms with Crippen molar-refractivity contribution >= 4 is 27.5 Å². The summed E-state index contributed by atoms with van der Waals surface area (Å²) in [5.74, 6) is 0.219. The van der Waals surface area contributed by atoms with Gasteiger partial charge in [-0.05, 0) is 31.4 Å². The highest BCUT2D eigenvalue weighted by atomic mass is 32.1. The quantitative estimate of drug-likeness (QED) is 0.715. The molecule has 0 spiro atoms. The Morgan fingerprint density at radius 3 is 3.08 bits per heavy atom. The van der Waals surface area contributed by atoms with Crippen molar-refractivity contribution in [2.45, 2.75) is 38.3 Å². The number of benzene rings is 1. The molecule has 1 unspecified atom stereocenters. The van der Waals surface area contributed by atoms with Crippen LogP contribution >= 0.6 is 11.3 Å². The van der Waals surface area contributed by atoms with Crippen molar-refractivity contribution < 1.29 is 4.79 Å². The number of thiazole rings is 1. The first-order valence-electron chi connectivity index (χ1n) is 8.28. The molecule has 1 amide bonds. The van der Waals surface area contributed by atoms with E-state index in [4.69, 9.17) is 4.98 Å². The predicted octanol–water partition coefficient (Wildman–Crippen LogP) is 3.03. The molecule has 0 aliphatic carbocycles. The molecule has 7 heteroatoms. The van der Waals surface area contributed by atoms with Gasteiger partial charge in [0.25, 0.3) is 0 Å². The molecule has 1 fully saturated rings. The zero-order chi connectivity index (χ0) is 16.4. The highest BCUT2D eigenvalue weighted by molar-refractivity contribution is 7.18. The van der Waals surface area contributed by atoms with Crippen LogP contribution in [0.3, 0.4) is 0 Å². The van der Waals surface area contributed by atoms with Gasteiger partial charge in [-0.2, -0.15) is 5.10 Å². The van der Waals surface area contributed by atoms with Gasteiger partial charge >= 0.3 is 0 Å². The summed E-state index contributed by atoms with van der Waals surface area (Å²) in [5.41, 5.74) is 1.03. The second-order valence-corrected chi connectivity index (χ2v) is 7.09. The Morgan fingerprint density at radius 1 is 1.33 bits per heavy atom. The maximum atomic E-state index is 12.6. The molecule has 124 valence electrons. The highest BCUT2D eigenvalue weighted by Gasteiger charge is 2.31. The van der Waals surface area contributed by atoms with Crippen molar-refractivity contribution in [3.63, 3.8) is 0 Å². The van der Waals surface area contributed by atoms with Crippen molar-refractivity contribution in [2.24, 2.45) is 0 Å². The maximum Gasteiger partial charge on any atom is 0.223 e. The molecule has 6 nitrogen and oxygen atoms in total. The Kier molecular flexibility index (Phi) is 4.25. The smallest absolute Gasteiger partial charge is 0.223 e. The number of amides is 1. The molecule has 0 N–H and O–H groups in total. The van der Waals surface area contributed by atoms with Crippen molar-refractivity contribution in [1.29, 1.82) is 0 Å². The first-order valence-corrected chi connectivity index (χ1v) is 9.10. The number of carbonyl (C=O) groups excluding carboxylic acids is 1. The summed E-state index contributed by atoms with van der Waals surface area (Å²) in [5, 5.41) is 5.14. The molecule has 0 bridgehead atoms.